The van der Waals surface area contributed by atoms with Gasteiger partial charge in [-0.2, -0.15) is 0 Å². The quantitative estimate of drug-likeness (QED) is 0.684. The lowest BCUT2D eigenvalue weighted by Crippen LogP contribution is -2.39. The van der Waals surface area contributed by atoms with E-state index < -0.39 is 15.9 Å². The SMILES string of the molecule is NS(=O)(=O)c1ccc(CCNC(=S)NC(=O)c2ccco2)cc1. The highest BCUT2D eigenvalue weighted by Crippen LogP contribution is 2.08. The summed E-state index contributed by atoms with van der Waals surface area (Å²) >= 11 is 5.01. The number of benzene rings is 1. The fourth-order valence-electron chi connectivity index (χ4n) is 1.78. The van der Waals surface area contributed by atoms with Crippen molar-refractivity contribution in [1.29, 1.82) is 0 Å². The summed E-state index contributed by atoms with van der Waals surface area (Å²) in [7, 11) is -3.68. The Hall–Kier alpha value is -2.23. The molecule has 1 heterocycles. The van der Waals surface area contributed by atoms with Gasteiger partial charge < -0.3 is 9.73 Å². The fraction of sp³-hybridized carbons (Fsp3) is 0.143. The second-order valence-corrected chi connectivity index (χ2v) is 6.60. The highest BCUT2D eigenvalue weighted by Gasteiger charge is 2.10. The lowest BCUT2D eigenvalue weighted by atomic mass is 10.1. The molecule has 9 heteroatoms. The van der Waals surface area contributed by atoms with E-state index in [4.69, 9.17) is 21.8 Å². The average Bonchev–Trinajstić information content (AvgIpc) is 3.01. The number of furan rings is 1. The minimum absolute atomic E-state index is 0.0652. The number of carbonyl (C=O) groups excluding carboxylic acids is 1. The van der Waals surface area contributed by atoms with E-state index in [9.17, 15) is 13.2 Å². The lowest BCUT2D eigenvalue weighted by Gasteiger charge is -2.08. The van der Waals surface area contributed by atoms with Gasteiger partial charge in [0.05, 0.1) is 11.2 Å². The number of primary sulfonamides is 1. The van der Waals surface area contributed by atoms with Gasteiger partial charge in [0.15, 0.2) is 10.9 Å². The molecule has 0 radical (unpaired) electrons. The maximum atomic E-state index is 11.7. The summed E-state index contributed by atoms with van der Waals surface area (Å²) in [5.41, 5.74) is 0.907. The van der Waals surface area contributed by atoms with E-state index in [1.54, 1.807) is 18.2 Å². The normalized spacial score (nSPS) is 11.0. The van der Waals surface area contributed by atoms with Crippen LogP contribution in [-0.4, -0.2) is 26.0 Å². The van der Waals surface area contributed by atoms with E-state index in [0.717, 1.165) is 5.56 Å². The predicted octanol–water partition coefficient (Wildman–Crippen LogP) is 0.774. The standard InChI is InChI=1S/C14H15N3O4S2/c15-23(19,20)11-5-3-10(4-6-11)7-8-16-14(22)17-13(18)12-2-1-9-21-12/h1-6,9H,7-8H2,(H2,15,19,20)(H2,16,17,18,22). The molecular weight excluding hydrogens is 338 g/mol. The second kappa shape index (κ2) is 7.36. The Morgan fingerprint density at radius 2 is 1.91 bits per heavy atom. The van der Waals surface area contributed by atoms with Gasteiger partial charge >= 0.3 is 0 Å². The van der Waals surface area contributed by atoms with Crippen LogP contribution >= 0.6 is 12.2 Å². The molecule has 23 heavy (non-hydrogen) atoms. The molecule has 0 saturated carbocycles. The van der Waals surface area contributed by atoms with E-state index in [-0.39, 0.29) is 15.8 Å². The Morgan fingerprint density at radius 3 is 2.48 bits per heavy atom. The smallest absolute Gasteiger partial charge is 0.293 e. The number of hydrogen-bond acceptors (Lipinski definition) is 5. The minimum atomic E-state index is -3.68. The summed E-state index contributed by atoms with van der Waals surface area (Å²) in [5.74, 6) is -0.252. The number of sulfonamides is 1. The minimum Gasteiger partial charge on any atom is -0.459 e. The van der Waals surface area contributed by atoms with Crippen LogP contribution in [0.25, 0.3) is 0 Å². The molecule has 122 valence electrons. The van der Waals surface area contributed by atoms with Crippen LogP contribution in [0, 0.1) is 0 Å². The Labute approximate surface area is 138 Å². The first-order valence-electron chi connectivity index (χ1n) is 6.61. The fourth-order valence-corrected chi connectivity index (χ4v) is 2.49. The predicted molar refractivity (Wildman–Crippen MR) is 88.3 cm³/mol. The van der Waals surface area contributed by atoms with E-state index in [0.29, 0.717) is 13.0 Å². The van der Waals surface area contributed by atoms with Gasteiger partial charge in [-0.25, -0.2) is 13.6 Å². The zero-order valence-electron chi connectivity index (χ0n) is 12.0. The highest BCUT2D eigenvalue weighted by atomic mass is 32.2. The summed E-state index contributed by atoms with van der Waals surface area (Å²) in [6.07, 6.45) is 2.00. The summed E-state index contributed by atoms with van der Waals surface area (Å²) < 4.78 is 27.2. The molecule has 7 nitrogen and oxygen atoms in total. The lowest BCUT2D eigenvalue weighted by molar-refractivity contribution is 0.0949. The molecule has 0 aliphatic carbocycles. The molecular formula is C14H15N3O4S2. The molecule has 2 rings (SSSR count). The third-order valence-electron chi connectivity index (χ3n) is 2.92. The van der Waals surface area contributed by atoms with Crippen LogP contribution in [0.5, 0.6) is 0 Å². The number of thiocarbonyl (C=S) groups is 1. The maximum absolute atomic E-state index is 11.7. The molecule has 0 bridgehead atoms. The molecule has 2 aromatic rings. The molecule has 0 unspecified atom stereocenters. The van der Waals surface area contributed by atoms with Gasteiger partial charge in [-0.05, 0) is 48.5 Å². The van der Waals surface area contributed by atoms with Gasteiger partial charge in [0.2, 0.25) is 10.0 Å². The Morgan fingerprint density at radius 1 is 1.22 bits per heavy atom. The monoisotopic (exact) mass is 353 g/mol. The molecule has 1 aromatic heterocycles. The van der Waals surface area contributed by atoms with Gasteiger partial charge in [-0.15, -0.1) is 0 Å². The molecule has 0 aliphatic rings. The first kappa shape index (κ1) is 17.1. The largest absolute Gasteiger partial charge is 0.459 e. The van der Waals surface area contributed by atoms with Crippen molar-refractivity contribution >= 4 is 33.3 Å². The first-order chi connectivity index (χ1) is 10.9. The Kier molecular flexibility index (Phi) is 5.48. The van der Waals surface area contributed by atoms with Crippen molar-refractivity contribution in [2.24, 2.45) is 5.14 Å². The summed E-state index contributed by atoms with van der Waals surface area (Å²) in [6, 6.07) is 9.38. The molecule has 1 aromatic carbocycles. The van der Waals surface area contributed by atoms with Gasteiger partial charge in [-0.1, -0.05) is 12.1 Å². The van der Waals surface area contributed by atoms with Gasteiger partial charge in [0.1, 0.15) is 0 Å². The van der Waals surface area contributed by atoms with E-state index in [1.165, 1.54) is 24.5 Å². The number of rotatable bonds is 5. The summed E-state index contributed by atoms with van der Waals surface area (Å²) in [6.45, 7) is 0.478. The molecule has 0 spiro atoms. The van der Waals surface area contributed by atoms with Crippen molar-refractivity contribution in [3.63, 3.8) is 0 Å². The molecule has 1 amide bonds. The van der Waals surface area contributed by atoms with Crippen LogP contribution < -0.4 is 15.8 Å². The first-order valence-corrected chi connectivity index (χ1v) is 8.56. The number of carbonyl (C=O) groups is 1. The molecule has 0 saturated heterocycles. The van der Waals surface area contributed by atoms with E-state index in [1.807, 2.05) is 0 Å². The van der Waals surface area contributed by atoms with Gasteiger partial charge in [-0.3, -0.25) is 10.1 Å². The molecule has 0 atom stereocenters. The molecule has 4 N–H and O–H groups in total. The van der Waals surface area contributed by atoms with Crippen LogP contribution in [0.15, 0.2) is 52.0 Å². The van der Waals surface area contributed by atoms with Gasteiger partial charge in [0.25, 0.3) is 5.91 Å². The van der Waals surface area contributed by atoms with Crippen molar-refractivity contribution in [2.45, 2.75) is 11.3 Å². The highest BCUT2D eigenvalue weighted by molar-refractivity contribution is 7.89. The zero-order valence-corrected chi connectivity index (χ0v) is 13.6. The zero-order chi connectivity index (χ0) is 16.9. The van der Waals surface area contributed by atoms with Crippen molar-refractivity contribution in [3.8, 4) is 0 Å². The average molecular weight is 353 g/mol. The summed E-state index contributed by atoms with van der Waals surface area (Å²) in [4.78, 5) is 11.7. The van der Waals surface area contributed by atoms with Crippen LogP contribution in [0.4, 0.5) is 0 Å². The van der Waals surface area contributed by atoms with Crippen molar-refractivity contribution < 1.29 is 17.6 Å². The molecule has 0 aliphatic heterocycles. The number of nitrogens with one attached hydrogen (secondary N) is 2. The number of hydrogen-bond donors (Lipinski definition) is 3. The van der Waals surface area contributed by atoms with Crippen LogP contribution in [0.2, 0.25) is 0 Å². The van der Waals surface area contributed by atoms with Crippen molar-refractivity contribution in [2.75, 3.05) is 6.54 Å². The number of amides is 1. The van der Waals surface area contributed by atoms with Crippen molar-refractivity contribution in [3.05, 3.63) is 54.0 Å². The van der Waals surface area contributed by atoms with E-state index in [2.05, 4.69) is 10.6 Å². The molecule has 0 fully saturated rings. The second-order valence-electron chi connectivity index (χ2n) is 4.63. The van der Waals surface area contributed by atoms with Crippen molar-refractivity contribution in [1.82, 2.24) is 10.6 Å². The summed E-state index contributed by atoms with van der Waals surface area (Å²) in [5, 5.41) is 10.6. The van der Waals surface area contributed by atoms with E-state index >= 15 is 0 Å². The topological polar surface area (TPSA) is 114 Å². The van der Waals surface area contributed by atoms with Crippen LogP contribution in [-0.2, 0) is 16.4 Å². The van der Waals surface area contributed by atoms with Gasteiger partial charge in [0, 0.05) is 6.54 Å². The maximum Gasteiger partial charge on any atom is 0.293 e. The van der Waals surface area contributed by atoms with Crippen LogP contribution in [0.1, 0.15) is 16.1 Å². The Bertz CT molecular complexity index is 784. The Balaban J connectivity index is 1.78. The van der Waals surface area contributed by atoms with Crippen LogP contribution in [0.3, 0.4) is 0 Å². The number of nitrogens with two attached hydrogens (primary N) is 1. The third kappa shape index (κ3) is 5.16. The third-order valence-corrected chi connectivity index (χ3v) is 4.10.